The molecule has 1 aliphatic heterocycles. The summed E-state index contributed by atoms with van der Waals surface area (Å²) in [5.74, 6) is 2.07. The summed E-state index contributed by atoms with van der Waals surface area (Å²) in [6.45, 7) is 4.45. The molecule has 170 valence electrons. The molecule has 3 atom stereocenters. The second-order valence-corrected chi connectivity index (χ2v) is 8.17. The zero-order chi connectivity index (χ0) is 22.8. The summed E-state index contributed by atoms with van der Waals surface area (Å²) in [6, 6.07) is 16.0. The van der Waals surface area contributed by atoms with Gasteiger partial charge in [0.05, 0.1) is 13.3 Å². The standard InChI is InChI=1S/C25H26N4O4/c1-16-4-8-18(9-5-16)31-14-22-21(32-19-10-6-17(2)7-11-19)12-23(33-22)29-24-20(13-28-29)25(30-3)27-15-26-24/h4-11,13,15,21-23H,12,14H2,1-3H3/t21-,22+,23+/m0/s1. The third-order valence-corrected chi connectivity index (χ3v) is 5.74. The van der Waals surface area contributed by atoms with Crippen LogP contribution in [0.1, 0.15) is 23.8 Å². The Labute approximate surface area is 192 Å². The van der Waals surface area contributed by atoms with E-state index in [0.717, 1.165) is 16.9 Å². The van der Waals surface area contributed by atoms with Crippen LogP contribution in [0.3, 0.4) is 0 Å². The Bertz CT molecular complexity index is 1220. The number of aromatic nitrogens is 4. The first kappa shape index (κ1) is 21.2. The number of ether oxygens (including phenoxy) is 4. The van der Waals surface area contributed by atoms with Crippen molar-refractivity contribution in [3.63, 3.8) is 0 Å². The second-order valence-electron chi connectivity index (χ2n) is 8.17. The molecule has 2 aromatic heterocycles. The number of rotatable bonds is 7. The van der Waals surface area contributed by atoms with Crippen molar-refractivity contribution in [2.24, 2.45) is 0 Å². The van der Waals surface area contributed by atoms with Gasteiger partial charge in [-0.2, -0.15) is 5.10 Å². The molecule has 0 aliphatic carbocycles. The van der Waals surface area contributed by atoms with Crippen LogP contribution in [-0.4, -0.2) is 45.7 Å². The first-order valence-corrected chi connectivity index (χ1v) is 10.9. The molecule has 0 N–H and O–H groups in total. The molecule has 1 aliphatic rings. The van der Waals surface area contributed by atoms with E-state index < -0.39 is 0 Å². The van der Waals surface area contributed by atoms with E-state index in [1.807, 2.05) is 55.5 Å². The van der Waals surface area contributed by atoms with Crippen molar-refractivity contribution in [2.45, 2.75) is 38.7 Å². The highest BCUT2D eigenvalue weighted by Crippen LogP contribution is 2.34. The lowest BCUT2D eigenvalue weighted by molar-refractivity contribution is -0.0384. The predicted molar refractivity (Wildman–Crippen MR) is 123 cm³/mol. The lowest BCUT2D eigenvalue weighted by Gasteiger charge is -2.20. The van der Waals surface area contributed by atoms with Crippen LogP contribution in [-0.2, 0) is 4.74 Å². The van der Waals surface area contributed by atoms with E-state index in [1.54, 1.807) is 18.0 Å². The maximum atomic E-state index is 6.39. The number of aryl methyl sites for hydroxylation is 2. The predicted octanol–water partition coefficient (Wildman–Crippen LogP) is 4.27. The lowest BCUT2D eigenvalue weighted by Crippen LogP contribution is -2.32. The highest BCUT2D eigenvalue weighted by Gasteiger charge is 2.39. The van der Waals surface area contributed by atoms with Crippen LogP contribution in [0.4, 0.5) is 0 Å². The Morgan fingerprint density at radius 1 is 0.970 bits per heavy atom. The Hall–Kier alpha value is -3.65. The maximum absolute atomic E-state index is 6.39. The third-order valence-electron chi connectivity index (χ3n) is 5.74. The Kier molecular flexibility index (Phi) is 5.83. The molecule has 8 nitrogen and oxygen atoms in total. The second kappa shape index (κ2) is 9.07. The molecular formula is C25H26N4O4. The van der Waals surface area contributed by atoms with Crippen molar-refractivity contribution >= 4 is 11.0 Å². The van der Waals surface area contributed by atoms with Crippen molar-refractivity contribution in [1.82, 2.24) is 19.7 Å². The summed E-state index contributed by atoms with van der Waals surface area (Å²) >= 11 is 0. The van der Waals surface area contributed by atoms with Crippen molar-refractivity contribution in [3.8, 4) is 17.4 Å². The third kappa shape index (κ3) is 4.47. The van der Waals surface area contributed by atoms with E-state index in [1.165, 1.54) is 17.5 Å². The van der Waals surface area contributed by atoms with Gasteiger partial charge in [0.1, 0.15) is 42.0 Å². The molecule has 0 radical (unpaired) electrons. The van der Waals surface area contributed by atoms with Crippen molar-refractivity contribution < 1.29 is 18.9 Å². The molecule has 0 saturated carbocycles. The summed E-state index contributed by atoms with van der Waals surface area (Å²) in [7, 11) is 1.58. The van der Waals surface area contributed by atoms with Gasteiger partial charge in [-0.25, -0.2) is 14.6 Å². The molecule has 0 bridgehead atoms. The molecule has 1 fully saturated rings. The fourth-order valence-corrected chi connectivity index (χ4v) is 3.94. The number of hydrogen-bond acceptors (Lipinski definition) is 7. The Morgan fingerprint density at radius 2 is 1.67 bits per heavy atom. The van der Waals surface area contributed by atoms with Crippen LogP contribution in [0.25, 0.3) is 11.0 Å². The average Bonchev–Trinajstić information content (AvgIpc) is 3.44. The minimum Gasteiger partial charge on any atom is -0.491 e. The monoisotopic (exact) mass is 446 g/mol. The molecule has 8 heteroatoms. The molecule has 5 rings (SSSR count). The summed E-state index contributed by atoms with van der Waals surface area (Å²) in [5, 5.41) is 5.25. The normalized spacial score (nSPS) is 20.2. The summed E-state index contributed by atoms with van der Waals surface area (Å²) < 4.78 is 25.9. The van der Waals surface area contributed by atoms with Gasteiger partial charge in [0.15, 0.2) is 11.9 Å². The average molecular weight is 447 g/mol. The van der Waals surface area contributed by atoms with E-state index in [4.69, 9.17) is 18.9 Å². The van der Waals surface area contributed by atoms with E-state index in [9.17, 15) is 0 Å². The number of fused-ring (bicyclic) bond motifs is 1. The van der Waals surface area contributed by atoms with Crippen molar-refractivity contribution in [2.75, 3.05) is 13.7 Å². The minimum atomic E-state index is -0.357. The summed E-state index contributed by atoms with van der Waals surface area (Å²) in [6.07, 6.45) is 2.89. The molecule has 2 aromatic carbocycles. The van der Waals surface area contributed by atoms with E-state index in [0.29, 0.717) is 24.6 Å². The van der Waals surface area contributed by atoms with Crippen LogP contribution in [0, 0.1) is 13.8 Å². The van der Waals surface area contributed by atoms with Gasteiger partial charge >= 0.3 is 0 Å². The summed E-state index contributed by atoms with van der Waals surface area (Å²) in [5.41, 5.74) is 3.02. The highest BCUT2D eigenvalue weighted by atomic mass is 16.6. The van der Waals surface area contributed by atoms with E-state index >= 15 is 0 Å². The zero-order valence-electron chi connectivity index (χ0n) is 18.8. The molecule has 4 aromatic rings. The van der Waals surface area contributed by atoms with Gasteiger partial charge in [-0.05, 0) is 38.1 Å². The Morgan fingerprint density at radius 3 is 2.36 bits per heavy atom. The van der Waals surface area contributed by atoms with Gasteiger partial charge in [0, 0.05) is 6.42 Å². The van der Waals surface area contributed by atoms with Crippen LogP contribution in [0.5, 0.6) is 17.4 Å². The number of hydrogen-bond donors (Lipinski definition) is 0. The molecular weight excluding hydrogens is 420 g/mol. The highest BCUT2D eigenvalue weighted by molar-refractivity contribution is 5.79. The van der Waals surface area contributed by atoms with Crippen LogP contribution in [0.15, 0.2) is 61.1 Å². The van der Waals surface area contributed by atoms with E-state index in [2.05, 4.69) is 22.0 Å². The summed E-state index contributed by atoms with van der Waals surface area (Å²) in [4.78, 5) is 8.55. The van der Waals surface area contributed by atoms with Gasteiger partial charge in [0.25, 0.3) is 0 Å². The number of benzene rings is 2. The fraction of sp³-hybridized carbons (Fsp3) is 0.320. The number of nitrogens with zero attached hydrogens (tertiary/aromatic N) is 4. The smallest absolute Gasteiger partial charge is 0.227 e. The largest absolute Gasteiger partial charge is 0.491 e. The lowest BCUT2D eigenvalue weighted by atomic mass is 10.1. The Balaban J connectivity index is 1.38. The van der Waals surface area contributed by atoms with Crippen molar-refractivity contribution in [3.05, 3.63) is 72.2 Å². The molecule has 33 heavy (non-hydrogen) atoms. The number of methoxy groups -OCH3 is 1. The fourth-order valence-electron chi connectivity index (χ4n) is 3.94. The van der Waals surface area contributed by atoms with Gasteiger partial charge in [-0.1, -0.05) is 35.4 Å². The minimum absolute atomic E-state index is 0.217. The SMILES string of the molecule is COc1ncnc2c1cnn2[C@H]1C[C@H](Oc2ccc(C)cc2)[C@@H](COc2ccc(C)cc2)O1. The van der Waals surface area contributed by atoms with Crippen molar-refractivity contribution in [1.29, 1.82) is 0 Å². The topological polar surface area (TPSA) is 80.5 Å². The van der Waals surface area contributed by atoms with Gasteiger partial charge < -0.3 is 18.9 Å². The first-order valence-electron chi connectivity index (χ1n) is 10.9. The molecule has 0 amide bonds. The van der Waals surface area contributed by atoms with Crippen LogP contribution < -0.4 is 14.2 Å². The molecule has 0 spiro atoms. The molecule has 1 saturated heterocycles. The van der Waals surface area contributed by atoms with Crippen LogP contribution >= 0.6 is 0 Å². The van der Waals surface area contributed by atoms with Crippen LogP contribution in [0.2, 0.25) is 0 Å². The molecule has 3 heterocycles. The van der Waals surface area contributed by atoms with Gasteiger partial charge in [-0.3, -0.25) is 0 Å². The quantitative estimate of drug-likeness (QED) is 0.419. The first-order chi connectivity index (χ1) is 16.1. The maximum Gasteiger partial charge on any atom is 0.227 e. The zero-order valence-corrected chi connectivity index (χ0v) is 18.8. The van der Waals surface area contributed by atoms with Gasteiger partial charge in [0.2, 0.25) is 5.88 Å². The molecule has 0 unspecified atom stereocenters. The van der Waals surface area contributed by atoms with Gasteiger partial charge in [-0.15, -0.1) is 0 Å². The van der Waals surface area contributed by atoms with E-state index in [-0.39, 0.29) is 18.4 Å².